The van der Waals surface area contributed by atoms with Gasteiger partial charge in [0.15, 0.2) is 0 Å². The Bertz CT molecular complexity index is 298. The number of carbonyl (C=O) groups excluding carboxylic acids is 1. The van der Waals surface area contributed by atoms with Crippen LogP contribution in [0.3, 0.4) is 0 Å². The van der Waals surface area contributed by atoms with Crippen LogP contribution in [0.1, 0.15) is 26.7 Å². The highest BCUT2D eigenvalue weighted by Crippen LogP contribution is 2.13. The van der Waals surface area contributed by atoms with Gasteiger partial charge in [-0.05, 0) is 26.7 Å². The van der Waals surface area contributed by atoms with Crippen LogP contribution in [0.5, 0.6) is 0 Å². The topological polar surface area (TPSA) is 78.9 Å². The average Bonchev–Trinajstić information content (AvgIpc) is 2.77. The highest BCUT2D eigenvalue weighted by molar-refractivity contribution is 5.85. The predicted molar refractivity (Wildman–Crippen MR) is 61.9 cm³/mol. The Morgan fingerprint density at radius 2 is 2.18 bits per heavy atom. The van der Waals surface area contributed by atoms with Gasteiger partial charge in [0.1, 0.15) is 5.54 Å². The summed E-state index contributed by atoms with van der Waals surface area (Å²) in [6.07, 6.45) is 2.00. The van der Waals surface area contributed by atoms with E-state index in [0.717, 1.165) is 19.4 Å². The number of carboxylic acid groups (broad SMARTS) is 1. The van der Waals surface area contributed by atoms with Crippen LogP contribution in [0, 0.1) is 0 Å². The third-order valence-electron chi connectivity index (χ3n) is 3.17. The third kappa shape index (κ3) is 3.33. The Morgan fingerprint density at radius 3 is 2.65 bits per heavy atom. The number of urea groups is 1. The van der Waals surface area contributed by atoms with Crippen molar-refractivity contribution in [3.8, 4) is 0 Å². The number of carbonyl (C=O) groups is 2. The van der Waals surface area contributed by atoms with Gasteiger partial charge in [-0.2, -0.15) is 0 Å². The number of rotatable bonds is 4. The fraction of sp³-hybridized carbons (Fsp3) is 0.818. The van der Waals surface area contributed by atoms with Gasteiger partial charge in [0.05, 0.1) is 6.10 Å². The second kappa shape index (κ2) is 5.35. The molecule has 6 nitrogen and oxygen atoms in total. The second-order valence-electron chi connectivity index (χ2n) is 4.74. The van der Waals surface area contributed by atoms with E-state index in [9.17, 15) is 9.59 Å². The molecule has 0 aromatic rings. The molecule has 0 aliphatic carbocycles. The average molecular weight is 244 g/mol. The summed E-state index contributed by atoms with van der Waals surface area (Å²) in [5.41, 5.74) is -1.22. The molecule has 0 radical (unpaired) electrons. The first kappa shape index (κ1) is 13.8. The standard InChI is InChI=1S/C11H20N2O4/c1-11(2,9(14)15)13(3)10(16)12-7-8-5-4-6-17-8/h8H,4-7H2,1-3H3,(H,12,16)(H,14,15). The van der Waals surface area contributed by atoms with Gasteiger partial charge in [-0.1, -0.05) is 0 Å². The molecule has 1 aliphatic rings. The lowest BCUT2D eigenvalue weighted by Gasteiger charge is -2.31. The van der Waals surface area contributed by atoms with Crippen LogP contribution in [-0.4, -0.2) is 53.8 Å². The van der Waals surface area contributed by atoms with Crippen LogP contribution in [0.15, 0.2) is 0 Å². The van der Waals surface area contributed by atoms with E-state index in [-0.39, 0.29) is 6.10 Å². The molecule has 2 amide bonds. The summed E-state index contributed by atoms with van der Waals surface area (Å²) in [6.45, 7) is 4.14. The lowest BCUT2D eigenvalue weighted by Crippen LogP contribution is -2.54. The number of amides is 2. The number of likely N-dealkylation sites (N-methyl/N-ethyl adjacent to an activating group) is 1. The van der Waals surface area contributed by atoms with Crippen LogP contribution in [0.25, 0.3) is 0 Å². The van der Waals surface area contributed by atoms with Crippen molar-refractivity contribution in [2.45, 2.75) is 38.3 Å². The van der Waals surface area contributed by atoms with E-state index in [4.69, 9.17) is 9.84 Å². The predicted octanol–water partition coefficient (Wildman–Crippen LogP) is 0.670. The summed E-state index contributed by atoms with van der Waals surface area (Å²) in [6, 6.07) is -0.395. The molecule has 98 valence electrons. The quantitative estimate of drug-likeness (QED) is 0.762. The maximum absolute atomic E-state index is 11.7. The fourth-order valence-corrected chi connectivity index (χ4v) is 1.52. The third-order valence-corrected chi connectivity index (χ3v) is 3.17. The molecule has 2 N–H and O–H groups in total. The lowest BCUT2D eigenvalue weighted by atomic mass is 10.1. The van der Waals surface area contributed by atoms with Gasteiger partial charge < -0.3 is 20.1 Å². The largest absolute Gasteiger partial charge is 0.480 e. The Morgan fingerprint density at radius 1 is 1.53 bits per heavy atom. The normalized spacial score (nSPS) is 20.1. The maximum atomic E-state index is 11.7. The monoisotopic (exact) mass is 244 g/mol. The number of hydrogen-bond donors (Lipinski definition) is 2. The first-order chi connectivity index (χ1) is 7.85. The second-order valence-corrected chi connectivity index (χ2v) is 4.74. The van der Waals surface area contributed by atoms with Crippen molar-refractivity contribution in [3.05, 3.63) is 0 Å². The lowest BCUT2D eigenvalue weighted by molar-refractivity contribution is -0.146. The van der Waals surface area contributed by atoms with Crippen LogP contribution >= 0.6 is 0 Å². The van der Waals surface area contributed by atoms with Crippen molar-refractivity contribution in [1.82, 2.24) is 10.2 Å². The van der Waals surface area contributed by atoms with E-state index >= 15 is 0 Å². The highest BCUT2D eigenvalue weighted by Gasteiger charge is 2.35. The molecule has 1 unspecified atom stereocenters. The molecular formula is C11H20N2O4. The minimum atomic E-state index is -1.22. The summed E-state index contributed by atoms with van der Waals surface area (Å²) in [7, 11) is 1.47. The molecule has 0 aromatic carbocycles. The Kier molecular flexibility index (Phi) is 4.34. The van der Waals surface area contributed by atoms with Crippen molar-refractivity contribution in [2.75, 3.05) is 20.2 Å². The molecule has 1 saturated heterocycles. The van der Waals surface area contributed by atoms with E-state index in [1.807, 2.05) is 0 Å². The number of nitrogens with zero attached hydrogens (tertiary/aromatic N) is 1. The molecule has 1 atom stereocenters. The first-order valence-electron chi connectivity index (χ1n) is 5.72. The number of ether oxygens (including phenoxy) is 1. The van der Waals surface area contributed by atoms with Gasteiger partial charge in [0.2, 0.25) is 0 Å². The minimum absolute atomic E-state index is 0.0558. The summed E-state index contributed by atoms with van der Waals surface area (Å²) in [5, 5.41) is 11.7. The van der Waals surface area contributed by atoms with Gasteiger partial charge in [-0.3, -0.25) is 0 Å². The molecule has 0 spiro atoms. The molecular weight excluding hydrogens is 224 g/mol. The minimum Gasteiger partial charge on any atom is -0.480 e. The zero-order valence-corrected chi connectivity index (χ0v) is 10.5. The molecule has 0 saturated carbocycles. The van der Waals surface area contributed by atoms with Crippen LogP contribution in [0.4, 0.5) is 4.79 Å². The van der Waals surface area contributed by atoms with E-state index in [2.05, 4.69) is 5.32 Å². The van der Waals surface area contributed by atoms with E-state index < -0.39 is 17.5 Å². The summed E-state index contributed by atoms with van der Waals surface area (Å²) in [5.74, 6) is -1.03. The maximum Gasteiger partial charge on any atom is 0.329 e. The Balaban J connectivity index is 2.43. The van der Waals surface area contributed by atoms with Gasteiger partial charge in [0.25, 0.3) is 0 Å². The van der Waals surface area contributed by atoms with Crippen LogP contribution < -0.4 is 5.32 Å². The molecule has 1 heterocycles. The summed E-state index contributed by atoms with van der Waals surface area (Å²) < 4.78 is 5.37. The van der Waals surface area contributed by atoms with Gasteiger partial charge in [-0.15, -0.1) is 0 Å². The SMILES string of the molecule is CN(C(=O)NCC1CCCO1)C(C)(C)C(=O)O. The number of hydrogen-bond acceptors (Lipinski definition) is 3. The Labute approximate surface area is 101 Å². The van der Waals surface area contributed by atoms with Gasteiger partial charge in [-0.25, -0.2) is 9.59 Å². The molecule has 1 fully saturated rings. The van der Waals surface area contributed by atoms with Crippen molar-refractivity contribution in [1.29, 1.82) is 0 Å². The van der Waals surface area contributed by atoms with Crippen LogP contribution in [-0.2, 0) is 9.53 Å². The Hall–Kier alpha value is -1.30. The molecule has 1 aliphatic heterocycles. The van der Waals surface area contributed by atoms with Crippen molar-refractivity contribution in [2.24, 2.45) is 0 Å². The molecule has 1 rings (SSSR count). The number of nitrogens with one attached hydrogen (secondary N) is 1. The highest BCUT2D eigenvalue weighted by atomic mass is 16.5. The molecule has 0 bridgehead atoms. The summed E-state index contributed by atoms with van der Waals surface area (Å²) >= 11 is 0. The zero-order valence-electron chi connectivity index (χ0n) is 10.5. The van der Waals surface area contributed by atoms with Gasteiger partial charge in [0, 0.05) is 20.2 Å². The number of carboxylic acids is 1. The van der Waals surface area contributed by atoms with Gasteiger partial charge >= 0.3 is 12.0 Å². The van der Waals surface area contributed by atoms with Crippen molar-refractivity contribution >= 4 is 12.0 Å². The molecule has 0 aromatic heterocycles. The van der Waals surface area contributed by atoms with Crippen molar-refractivity contribution in [3.63, 3.8) is 0 Å². The summed E-state index contributed by atoms with van der Waals surface area (Å²) in [4.78, 5) is 23.9. The number of aliphatic carboxylic acids is 1. The molecule has 17 heavy (non-hydrogen) atoms. The van der Waals surface area contributed by atoms with E-state index in [1.165, 1.54) is 25.8 Å². The van der Waals surface area contributed by atoms with Crippen LogP contribution in [0.2, 0.25) is 0 Å². The van der Waals surface area contributed by atoms with Crippen molar-refractivity contribution < 1.29 is 19.4 Å². The zero-order chi connectivity index (χ0) is 13.1. The fourth-order valence-electron chi connectivity index (χ4n) is 1.52. The molecule has 6 heteroatoms. The van der Waals surface area contributed by atoms with E-state index in [0.29, 0.717) is 6.54 Å². The first-order valence-corrected chi connectivity index (χ1v) is 5.72. The van der Waals surface area contributed by atoms with E-state index in [1.54, 1.807) is 0 Å². The smallest absolute Gasteiger partial charge is 0.329 e.